The summed E-state index contributed by atoms with van der Waals surface area (Å²) in [6.45, 7) is 3.92. The Morgan fingerprint density at radius 1 is 1.11 bits per heavy atom. The van der Waals surface area contributed by atoms with Gasteiger partial charge in [-0.25, -0.2) is 9.97 Å². The van der Waals surface area contributed by atoms with E-state index >= 15 is 0 Å². The number of piperazine rings is 1. The average molecular weight is 378 g/mol. The highest BCUT2D eigenvalue weighted by Gasteiger charge is 2.22. The molecule has 0 atom stereocenters. The quantitative estimate of drug-likeness (QED) is 0.676. The third-order valence-corrected chi connectivity index (χ3v) is 5.01. The number of hydrogen-bond acceptors (Lipinski definition) is 5. The maximum absolute atomic E-state index is 12.7. The van der Waals surface area contributed by atoms with Crippen LogP contribution in [0, 0.1) is 0 Å². The monoisotopic (exact) mass is 378 g/mol. The number of imidazole rings is 1. The fourth-order valence-corrected chi connectivity index (χ4v) is 3.59. The fourth-order valence-electron chi connectivity index (χ4n) is 3.59. The van der Waals surface area contributed by atoms with Gasteiger partial charge in [0, 0.05) is 51.3 Å². The molecule has 1 saturated heterocycles. The van der Waals surface area contributed by atoms with Crippen molar-refractivity contribution in [1.29, 1.82) is 0 Å². The third-order valence-electron chi connectivity index (χ3n) is 5.01. The van der Waals surface area contributed by atoms with E-state index in [4.69, 9.17) is 0 Å². The van der Waals surface area contributed by atoms with Gasteiger partial charge in [0.05, 0.1) is 12.1 Å². The lowest BCUT2D eigenvalue weighted by atomic mass is 10.2. The second kappa shape index (κ2) is 7.98. The molecule has 3 aromatic heterocycles. The van der Waals surface area contributed by atoms with Crippen LogP contribution >= 0.6 is 0 Å². The van der Waals surface area contributed by atoms with Crippen LogP contribution in [0.1, 0.15) is 11.3 Å². The van der Waals surface area contributed by atoms with Crippen molar-refractivity contribution >= 4 is 17.4 Å². The molecule has 0 unspecified atom stereocenters. The summed E-state index contributed by atoms with van der Waals surface area (Å²) < 4.78 is 1.95. The molecule has 4 rings (SSSR count). The first-order valence-electron chi connectivity index (χ1n) is 9.63. The van der Waals surface area contributed by atoms with Gasteiger partial charge in [-0.15, -0.1) is 0 Å². The van der Waals surface area contributed by atoms with E-state index in [1.54, 1.807) is 0 Å². The standard InChI is InChI=1S/C21H26N6O/c1-24(2)15-17-6-7-19(22-14-17)25-9-11-26(12-10-25)21(28)13-18-16-27-8-4-3-5-20(27)23-18/h3-8,14,16H,9-13,15H2,1-2H3. The summed E-state index contributed by atoms with van der Waals surface area (Å²) in [5.74, 6) is 1.12. The Balaban J connectivity index is 1.32. The van der Waals surface area contributed by atoms with Crippen LogP contribution in [0.5, 0.6) is 0 Å². The minimum absolute atomic E-state index is 0.136. The van der Waals surface area contributed by atoms with Gasteiger partial charge in [-0.3, -0.25) is 4.79 Å². The fraction of sp³-hybridized carbons (Fsp3) is 0.381. The van der Waals surface area contributed by atoms with E-state index < -0.39 is 0 Å². The lowest BCUT2D eigenvalue weighted by Gasteiger charge is -2.35. The van der Waals surface area contributed by atoms with Gasteiger partial charge in [0.2, 0.25) is 5.91 Å². The summed E-state index contributed by atoms with van der Waals surface area (Å²) in [5.41, 5.74) is 2.89. The number of carbonyl (C=O) groups is 1. The number of pyridine rings is 2. The molecule has 7 nitrogen and oxygen atoms in total. The number of fused-ring (bicyclic) bond motifs is 1. The summed E-state index contributed by atoms with van der Waals surface area (Å²) in [4.78, 5) is 28.1. The van der Waals surface area contributed by atoms with Crippen molar-refractivity contribution in [3.8, 4) is 0 Å². The van der Waals surface area contributed by atoms with Crippen molar-refractivity contribution < 1.29 is 4.79 Å². The van der Waals surface area contributed by atoms with E-state index in [1.165, 1.54) is 5.56 Å². The zero-order valence-corrected chi connectivity index (χ0v) is 16.5. The van der Waals surface area contributed by atoms with Crippen molar-refractivity contribution in [2.75, 3.05) is 45.2 Å². The third kappa shape index (κ3) is 4.14. The van der Waals surface area contributed by atoms with Crippen molar-refractivity contribution in [2.24, 2.45) is 0 Å². The first kappa shape index (κ1) is 18.4. The first-order chi connectivity index (χ1) is 13.6. The predicted molar refractivity (Wildman–Crippen MR) is 109 cm³/mol. The second-order valence-electron chi connectivity index (χ2n) is 7.51. The summed E-state index contributed by atoms with van der Waals surface area (Å²) in [6.07, 6.45) is 6.17. The lowest BCUT2D eigenvalue weighted by Crippen LogP contribution is -2.49. The molecule has 4 heterocycles. The minimum Gasteiger partial charge on any atom is -0.353 e. The lowest BCUT2D eigenvalue weighted by molar-refractivity contribution is -0.130. The van der Waals surface area contributed by atoms with Crippen molar-refractivity contribution in [3.63, 3.8) is 0 Å². The van der Waals surface area contributed by atoms with E-state index in [9.17, 15) is 4.79 Å². The Kier molecular flexibility index (Phi) is 5.25. The van der Waals surface area contributed by atoms with Crippen LogP contribution in [0.3, 0.4) is 0 Å². The van der Waals surface area contributed by atoms with Gasteiger partial charge in [0.1, 0.15) is 11.5 Å². The van der Waals surface area contributed by atoms with Crippen molar-refractivity contribution in [3.05, 3.63) is 60.2 Å². The Bertz CT molecular complexity index is 908. The van der Waals surface area contributed by atoms with Gasteiger partial charge in [-0.2, -0.15) is 0 Å². The molecule has 1 amide bonds. The van der Waals surface area contributed by atoms with E-state index in [2.05, 4.69) is 46.0 Å². The Morgan fingerprint density at radius 3 is 2.61 bits per heavy atom. The van der Waals surface area contributed by atoms with Crippen LogP contribution in [0.15, 0.2) is 48.9 Å². The normalized spacial score (nSPS) is 14.8. The number of anilines is 1. The Hall–Kier alpha value is -2.93. The highest BCUT2D eigenvalue weighted by molar-refractivity contribution is 5.78. The minimum atomic E-state index is 0.136. The summed E-state index contributed by atoms with van der Waals surface area (Å²) in [6, 6.07) is 10.1. The summed E-state index contributed by atoms with van der Waals surface area (Å²) >= 11 is 0. The zero-order chi connectivity index (χ0) is 19.5. The van der Waals surface area contributed by atoms with Crippen LogP contribution < -0.4 is 4.90 Å². The number of amides is 1. The topological polar surface area (TPSA) is 57.0 Å². The molecular formula is C21H26N6O. The highest BCUT2D eigenvalue weighted by atomic mass is 16.2. The number of rotatable bonds is 5. The molecule has 28 heavy (non-hydrogen) atoms. The molecule has 0 N–H and O–H groups in total. The van der Waals surface area contributed by atoms with Crippen LogP contribution in [-0.2, 0) is 17.8 Å². The van der Waals surface area contributed by atoms with E-state index in [1.807, 2.05) is 46.1 Å². The van der Waals surface area contributed by atoms with Gasteiger partial charge in [-0.1, -0.05) is 12.1 Å². The second-order valence-corrected chi connectivity index (χ2v) is 7.51. The number of aromatic nitrogens is 3. The molecule has 1 aliphatic heterocycles. The van der Waals surface area contributed by atoms with Crippen molar-refractivity contribution in [1.82, 2.24) is 24.2 Å². The van der Waals surface area contributed by atoms with Crippen LogP contribution in [-0.4, -0.2) is 70.4 Å². The molecule has 3 aromatic rings. The van der Waals surface area contributed by atoms with Gasteiger partial charge in [0.15, 0.2) is 0 Å². The molecule has 0 spiro atoms. The molecule has 1 aliphatic rings. The molecule has 1 fully saturated rings. The summed E-state index contributed by atoms with van der Waals surface area (Å²) in [7, 11) is 4.10. The van der Waals surface area contributed by atoms with Crippen LogP contribution in [0.2, 0.25) is 0 Å². The first-order valence-corrected chi connectivity index (χ1v) is 9.63. The van der Waals surface area contributed by atoms with Crippen LogP contribution in [0.25, 0.3) is 5.65 Å². The molecule has 146 valence electrons. The molecule has 0 aromatic carbocycles. The molecule has 0 bridgehead atoms. The Morgan fingerprint density at radius 2 is 1.93 bits per heavy atom. The molecule has 0 aliphatic carbocycles. The van der Waals surface area contributed by atoms with Gasteiger partial charge < -0.3 is 19.1 Å². The summed E-state index contributed by atoms with van der Waals surface area (Å²) in [5, 5.41) is 0. The number of nitrogens with zero attached hydrogens (tertiary/aromatic N) is 6. The maximum atomic E-state index is 12.7. The van der Waals surface area contributed by atoms with Gasteiger partial charge >= 0.3 is 0 Å². The van der Waals surface area contributed by atoms with Crippen LogP contribution in [0.4, 0.5) is 5.82 Å². The van der Waals surface area contributed by atoms with E-state index in [0.29, 0.717) is 19.5 Å². The van der Waals surface area contributed by atoms with E-state index in [0.717, 1.165) is 36.8 Å². The van der Waals surface area contributed by atoms with E-state index in [-0.39, 0.29) is 5.91 Å². The van der Waals surface area contributed by atoms with Gasteiger partial charge in [-0.05, 0) is 37.9 Å². The molecule has 0 radical (unpaired) electrons. The van der Waals surface area contributed by atoms with Gasteiger partial charge in [0.25, 0.3) is 0 Å². The largest absolute Gasteiger partial charge is 0.353 e. The smallest absolute Gasteiger partial charge is 0.228 e. The SMILES string of the molecule is CN(C)Cc1ccc(N2CCN(C(=O)Cc3cn4ccccc4n3)CC2)nc1. The average Bonchev–Trinajstić information content (AvgIpc) is 3.10. The number of carbonyl (C=O) groups excluding carboxylic acids is 1. The van der Waals surface area contributed by atoms with Crippen molar-refractivity contribution in [2.45, 2.75) is 13.0 Å². The molecule has 0 saturated carbocycles. The maximum Gasteiger partial charge on any atom is 0.228 e. The highest BCUT2D eigenvalue weighted by Crippen LogP contribution is 2.15. The zero-order valence-electron chi connectivity index (χ0n) is 16.5. The predicted octanol–water partition coefficient (Wildman–Crippen LogP) is 1.68. The number of hydrogen-bond donors (Lipinski definition) is 0. The molecular weight excluding hydrogens is 352 g/mol. The molecule has 7 heteroatoms. The Labute approximate surface area is 165 Å².